The molecule has 2 aromatic carbocycles. The van der Waals surface area contributed by atoms with Crippen molar-refractivity contribution in [3.05, 3.63) is 66.8 Å². The van der Waals surface area contributed by atoms with Gasteiger partial charge in [0.25, 0.3) is 0 Å². The van der Waals surface area contributed by atoms with Gasteiger partial charge < -0.3 is 14.2 Å². The van der Waals surface area contributed by atoms with Gasteiger partial charge in [0, 0.05) is 11.1 Å². The summed E-state index contributed by atoms with van der Waals surface area (Å²) < 4.78 is 16.4. The first kappa shape index (κ1) is 21.7. The normalized spacial score (nSPS) is 10.8. The van der Waals surface area contributed by atoms with Gasteiger partial charge >= 0.3 is 5.97 Å². The zero-order valence-corrected chi connectivity index (χ0v) is 17.7. The van der Waals surface area contributed by atoms with Crippen LogP contribution in [0.5, 0.6) is 17.2 Å². The average molecular weight is 471 g/mol. The van der Waals surface area contributed by atoms with Crippen LogP contribution in [0.1, 0.15) is 16.7 Å². The molecule has 0 unspecified atom stereocenters. The number of aryl methyl sites for hydroxylation is 2. The van der Waals surface area contributed by atoms with Gasteiger partial charge in [-0.2, -0.15) is 0 Å². The highest BCUT2D eigenvalue weighted by Gasteiger charge is 2.16. The van der Waals surface area contributed by atoms with E-state index in [1.54, 1.807) is 18.2 Å². The lowest BCUT2D eigenvalue weighted by atomic mass is 10.1. The minimum Gasteiger partial charge on any atom is -0.493 e. The van der Waals surface area contributed by atoms with Crippen molar-refractivity contribution in [2.45, 2.75) is 13.8 Å². The van der Waals surface area contributed by atoms with Crippen molar-refractivity contribution in [1.29, 1.82) is 0 Å². The minimum absolute atomic E-state index is 0.151. The molecular formula is C19H17BrClNO6. The molecule has 0 atom stereocenters. The molecule has 0 aromatic heterocycles. The summed E-state index contributed by atoms with van der Waals surface area (Å²) in [6, 6.07) is 6.54. The number of methoxy groups -OCH3 is 1. The molecule has 0 fully saturated rings. The number of nitrogens with zero attached hydrogens (tertiary/aromatic N) is 1. The van der Waals surface area contributed by atoms with Gasteiger partial charge in [-0.1, -0.05) is 11.6 Å². The molecule has 7 nitrogen and oxygen atoms in total. The molecule has 2 rings (SSSR count). The summed E-state index contributed by atoms with van der Waals surface area (Å²) in [6.07, 6.45) is 2.10. The van der Waals surface area contributed by atoms with Gasteiger partial charge in [0.1, 0.15) is 5.75 Å². The lowest BCUT2D eigenvalue weighted by Gasteiger charge is -2.13. The number of carbonyl (C=O) groups excluding carboxylic acids is 1. The van der Waals surface area contributed by atoms with Crippen LogP contribution >= 0.6 is 27.5 Å². The van der Waals surface area contributed by atoms with Gasteiger partial charge in [-0.15, -0.1) is 0 Å². The molecule has 0 aliphatic carbocycles. The number of rotatable bonds is 7. The van der Waals surface area contributed by atoms with Crippen molar-refractivity contribution in [2.24, 2.45) is 0 Å². The maximum atomic E-state index is 12.2. The lowest BCUT2D eigenvalue weighted by molar-refractivity contribution is -0.400. The molecule has 0 spiro atoms. The van der Waals surface area contributed by atoms with Gasteiger partial charge in [0.2, 0.25) is 6.20 Å². The molecule has 2 aromatic rings. The molecule has 148 valence electrons. The van der Waals surface area contributed by atoms with Gasteiger partial charge in [-0.3, -0.25) is 10.1 Å². The Bertz CT molecular complexity index is 921. The summed E-state index contributed by atoms with van der Waals surface area (Å²) in [7, 11) is 1.40. The zero-order chi connectivity index (χ0) is 20.8. The Labute approximate surface area is 175 Å². The molecule has 0 saturated carbocycles. The van der Waals surface area contributed by atoms with Crippen molar-refractivity contribution in [3.63, 3.8) is 0 Å². The third-order valence-corrected chi connectivity index (χ3v) is 4.81. The highest BCUT2D eigenvalue weighted by atomic mass is 79.9. The first-order valence-corrected chi connectivity index (χ1v) is 9.17. The van der Waals surface area contributed by atoms with Crippen molar-refractivity contribution >= 4 is 39.6 Å². The molecule has 0 aliphatic rings. The molecule has 0 radical (unpaired) electrons. The number of nitro groups is 1. The van der Waals surface area contributed by atoms with E-state index < -0.39 is 10.9 Å². The van der Waals surface area contributed by atoms with Crippen LogP contribution in [-0.4, -0.2) is 24.6 Å². The third kappa shape index (κ3) is 5.71. The van der Waals surface area contributed by atoms with E-state index in [1.165, 1.54) is 19.3 Å². The maximum absolute atomic E-state index is 12.2. The molecular weight excluding hydrogens is 454 g/mol. The first-order valence-electron chi connectivity index (χ1n) is 8.00. The van der Waals surface area contributed by atoms with E-state index in [9.17, 15) is 14.9 Å². The van der Waals surface area contributed by atoms with Crippen LogP contribution < -0.4 is 14.2 Å². The second kappa shape index (κ2) is 9.57. The Balaban J connectivity index is 2.12. The van der Waals surface area contributed by atoms with Gasteiger partial charge in [-0.25, -0.2) is 4.79 Å². The molecule has 0 aliphatic heterocycles. The molecule has 0 N–H and O–H groups in total. The minimum atomic E-state index is -0.641. The van der Waals surface area contributed by atoms with E-state index in [2.05, 4.69) is 15.9 Å². The van der Waals surface area contributed by atoms with Crippen LogP contribution in [0, 0.1) is 24.0 Å². The summed E-state index contributed by atoms with van der Waals surface area (Å²) in [4.78, 5) is 22.1. The molecule has 0 bridgehead atoms. The van der Waals surface area contributed by atoms with Crippen LogP contribution in [0.25, 0.3) is 6.08 Å². The van der Waals surface area contributed by atoms with E-state index in [0.717, 1.165) is 17.3 Å². The number of hydrogen-bond acceptors (Lipinski definition) is 6. The first-order chi connectivity index (χ1) is 13.2. The fourth-order valence-electron chi connectivity index (χ4n) is 2.36. The van der Waals surface area contributed by atoms with Crippen LogP contribution in [0.15, 0.2) is 34.9 Å². The molecule has 0 heterocycles. The molecule has 9 heteroatoms. The topological polar surface area (TPSA) is 87.9 Å². The Hall–Kier alpha value is -2.58. The summed E-state index contributed by atoms with van der Waals surface area (Å²) in [5.74, 6) is 0.252. The number of ether oxygens (including phenoxy) is 3. The number of hydrogen-bond donors (Lipinski definition) is 0. The Morgan fingerprint density at radius 3 is 2.46 bits per heavy atom. The van der Waals surface area contributed by atoms with E-state index in [0.29, 0.717) is 20.8 Å². The number of benzene rings is 2. The molecule has 28 heavy (non-hydrogen) atoms. The van der Waals surface area contributed by atoms with Crippen molar-refractivity contribution in [1.82, 2.24) is 0 Å². The van der Waals surface area contributed by atoms with E-state index in [-0.39, 0.29) is 18.1 Å². The van der Waals surface area contributed by atoms with Crippen molar-refractivity contribution < 1.29 is 23.9 Å². The number of esters is 1. The largest absolute Gasteiger partial charge is 0.493 e. The highest BCUT2D eigenvalue weighted by molar-refractivity contribution is 9.10. The molecule has 0 saturated heterocycles. The second-order valence-corrected chi connectivity index (χ2v) is 7.00. The van der Waals surface area contributed by atoms with Crippen molar-refractivity contribution in [3.8, 4) is 17.2 Å². The zero-order valence-electron chi connectivity index (χ0n) is 15.3. The number of carbonyl (C=O) groups is 1. The van der Waals surface area contributed by atoms with Gasteiger partial charge in [-0.05, 0) is 70.7 Å². The van der Waals surface area contributed by atoms with E-state index in [1.807, 2.05) is 13.8 Å². The monoisotopic (exact) mass is 469 g/mol. The van der Waals surface area contributed by atoms with Gasteiger partial charge in [0.05, 0.1) is 16.5 Å². The standard InChI is InChI=1S/C19H17BrClNO6/c1-11-6-14(7-12(2)18(11)21)27-10-17(23)28-19-15(20)8-13(4-5-22(24)25)9-16(19)26-3/h4-9H,10H2,1-3H3. The lowest BCUT2D eigenvalue weighted by Crippen LogP contribution is -2.18. The van der Waals surface area contributed by atoms with Gasteiger partial charge in [0.15, 0.2) is 18.1 Å². The summed E-state index contributed by atoms with van der Waals surface area (Å²) in [6.45, 7) is 3.37. The third-order valence-electron chi connectivity index (χ3n) is 3.62. The average Bonchev–Trinajstić information content (AvgIpc) is 2.64. The van der Waals surface area contributed by atoms with Crippen LogP contribution in [0.4, 0.5) is 0 Å². The highest BCUT2D eigenvalue weighted by Crippen LogP contribution is 2.37. The Kier molecular flexibility index (Phi) is 7.42. The fraction of sp³-hybridized carbons (Fsp3) is 0.211. The van der Waals surface area contributed by atoms with Crippen LogP contribution in [0.2, 0.25) is 5.02 Å². The SMILES string of the molecule is COc1cc(C=C[N+](=O)[O-])cc(Br)c1OC(=O)COc1cc(C)c(Cl)c(C)c1. The van der Waals surface area contributed by atoms with Crippen molar-refractivity contribution in [2.75, 3.05) is 13.7 Å². The second-order valence-electron chi connectivity index (χ2n) is 5.77. The summed E-state index contributed by atoms with van der Waals surface area (Å²) in [5.41, 5.74) is 2.18. The summed E-state index contributed by atoms with van der Waals surface area (Å²) in [5, 5.41) is 11.1. The van der Waals surface area contributed by atoms with Crippen LogP contribution in [0.3, 0.4) is 0 Å². The maximum Gasteiger partial charge on any atom is 0.349 e. The van der Waals surface area contributed by atoms with E-state index >= 15 is 0 Å². The smallest absolute Gasteiger partial charge is 0.349 e. The Morgan fingerprint density at radius 2 is 1.89 bits per heavy atom. The number of halogens is 2. The summed E-state index contributed by atoms with van der Waals surface area (Å²) >= 11 is 9.40. The predicted molar refractivity (Wildman–Crippen MR) is 109 cm³/mol. The Morgan fingerprint density at radius 1 is 1.25 bits per heavy atom. The quantitative estimate of drug-likeness (QED) is 0.246. The van der Waals surface area contributed by atoms with Crippen LogP contribution in [-0.2, 0) is 4.79 Å². The van der Waals surface area contributed by atoms with E-state index in [4.69, 9.17) is 25.8 Å². The fourth-order valence-corrected chi connectivity index (χ4v) is 3.01. The molecule has 0 amide bonds. The predicted octanol–water partition coefficient (Wildman–Crippen LogP) is 4.96.